The molecule has 1 aliphatic rings. The minimum Gasteiger partial charge on any atom is -0.475 e. The van der Waals surface area contributed by atoms with E-state index in [2.05, 4.69) is 15.0 Å². The number of aromatic nitrogens is 2. The number of fused-ring (bicyclic) bond motifs is 1. The average Bonchev–Trinajstić information content (AvgIpc) is 3.64. The molecule has 0 bridgehead atoms. The number of nitriles is 1. The number of hydrogen-bond donors (Lipinski definition) is 2. The summed E-state index contributed by atoms with van der Waals surface area (Å²) in [5.74, 6) is -0.237. The third-order valence-corrected chi connectivity index (χ3v) is 7.41. The summed E-state index contributed by atoms with van der Waals surface area (Å²) >= 11 is 0. The lowest BCUT2D eigenvalue weighted by Gasteiger charge is -2.17. The van der Waals surface area contributed by atoms with Crippen molar-refractivity contribution in [3.8, 4) is 11.9 Å². The van der Waals surface area contributed by atoms with Crippen molar-refractivity contribution in [2.45, 2.75) is 24.1 Å². The molecule has 10 heteroatoms. The van der Waals surface area contributed by atoms with Gasteiger partial charge in [0.2, 0.25) is 5.88 Å². The molecule has 170 valence electrons. The normalized spacial score (nSPS) is 14.9. The van der Waals surface area contributed by atoms with Crippen molar-refractivity contribution in [3.05, 3.63) is 69.6 Å². The van der Waals surface area contributed by atoms with E-state index in [4.69, 9.17) is 10.00 Å². The number of nitrogens with zero attached hydrogens (tertiary/aromatic N) is 3. The molecule has 1 amide bonds. The predicted molar refractivity (Wildman–Crippen MR) is 124 cm³/mol. The van der Waals surface area contributed by atoms with Crippen molar-refractivity contribution >= 4 is 27.8 Å². The van der Waals surface area contributed by atoms with Gasteiger partial charge >= 0.3 is 0 Å². The van der Waals surface area contributed by atoms with Gasteiger partial charge in [-0.15, -0.1) is 0 Å². The fourth-order valence-electron chi connectivity index (χ4n) is 3.58. The molecule has 0 spiro atoms. The van der Waals surface area contributed by atoms with E-state index in [1.54, 1.807) is 50.6 Å². The van der Waals surface area contributed by atoms with E-state index in [1.165, 1.54) is 10.6 Å². The number of aryl methyl sites for hydroxylation is 1. The molecule has 0 aliphatic heterocycles. The first-order valence-electron chi connectivity index (χ1n) is 10.4. The number of hydrogen-bond acceptors (Lipinski definition) is 6. The Morgan fingerprint density at radius 3 is 2.67 bits per heavy atom. The van der Waals surface area contributed by atoms with Crippen LogP contribution in [0, 0.1) is 11.3 Å². The van der Waals surface area contributed by atoms with Gasteiger partial charge < -0.3 is 14.6 Å². The number of ether oxygens (including phenoxy) is 1. The largest absolute Gasteiger partial charge is 0.475 e. The molecule has 0 saturated heterocycles. The van der Waals surface area contributed by atoms with Gasteiger partial charge in [-0.05, 0) is 49.7 Å². The standard InChI is InChI=1S/C23H23N5O4S/c1-25-33(31)23(8-9-23)14-32-21-19-17(7-10-26-21)11-18(22(30)28(19)2)20(29)27-13-16-5-3-15(12-24)4-6-16/h3-7,10-11,25H,8-9,13-14H2,1-2H3,(H,27,29). The second-order valence-electron chi connectivity index (χ2n) is 7.91. The molecule has 3 aromatic rings. The second-order valence-corrected chi connectivity index (χ2v) is 9.72. The monoisotopic (exact) mass is 465 g/mol. The third-order valence-electron chi connectivity index (χ3n) is 5.73. The Labute approximate surface area is 193 Å². The van der Waals surface area contributed by atoms with E-state index >= 15 is 0 Å². The van der Waals surface area contributed by atoms with Crippen molar-refractivity contribution < 1.29 is 13.7 Å². The van der Waals surface area contributed by atoms with Crippen molar-refractivity contribution in [2.24, 2.45) is 7.05 Å². The highest BCUT2D eigenvalue weighted by Gasteiger charge is 2.49. The Morgan fingerprint density at radius 1 is 1.30 bits per heavy atom. The average molecular weight is 466 g/mol. The van der Waals surface area contributed by atoms with Crippen LogP contribution in [-0.2, 0) is 24.6 Å². The van der Waals surface area contributed by atoms with Crippen molar-refractivity contribution in [3.63, 3.8) is 0 Å². The molecule has 33 heavy (non-hydrogen) atoms. The van der Waals surface area contributed by atoms with Gasteiger partial charge in [-0.1, -0.05) is 12.1 Å². The summed E-state index contributed by atoms with van der Waals surface area (Å²) in [5.41, 5.74) is 1.35. The zero-order valence-corrected chi connectivity index (χ0v) is 19.1. The molecule has 2 heterocycles. The first-order chi connectivity index (χ1) is 15.9. The number of pyridine rings is 2. The van der Waals surface area contributed by atoms with Gasteiger partial charge in [0, 0.05) is 25.2 Å². The summed E-state index contributed by atoms with van der Waals surface area (Å²) in [6.07, 6.45) is 3.12. The highest BCUT2D eigenvalue weighted by molar-refractivity contribution is 7.84. The number of benzene rings is 1. The Bertz CT molecular complexity index is 1340. The summed E-state index contributed by atoms with van der Waals surface area (Å²) in [5, 5.41) is 12.3. The molecule has 1 fully saturated rings. The predicted octanol–water partition coefficient (Wildman–Crippen LogP) is 1.53. The minimum atomic E-state index is -1.21. The second kappa shape index (κ2) is 9.13. The van der Waals surface area contributed by atoms with Crippen molar-refractivity contribution in [1.29, 1.82) is 5.26 Å². The third kappa shape index (κ3) is 4.51. The van der Waals surface area contributed by atoms with Gasteiger partial charge in [0.25, 0.3) is 11.5 Å². The molecular weight excluding hydrogens is 442 g/mol. The van der Waals surface area contributed by atoms with Gasteiger partial charge in [0.05, 0.1) is 16.4 Å². The lowest BCUT2D eigenvalue weighted by Crippen LogP contribution is -2.33. The molecule has 1 aromatic carbocycles. The topological polar surface area (TPSA) is 126 Å². The Hall–Kier alpha value is -3.55. The summed E-state index contributed by atoms with van der Waals surface area (Å²) in [6, 6.07) is 12.1. The summed E-state index contributed by atoms with van der Waals surface area (Å²) in [6.45, 7) is 0.439. The summed E-state index contributed by atoms with van der Waals surface area (Å²) in [7, 11) is 1.99. The van der Waals surface area contributed by atoms with Gasteiger partial charge in [-0.25, -0.2) is 13.9 Å². The van der Waals surface area contributed by atoms with Crippen LogP contribution in [0.2, 0.25) is 0 Å². The molecule has 1 unspecified atom stereocenters. The van der Waals surface area contributed by atoms with Crippen LogP contribution in [0.15, 0.2) is 47.4 Å². The lowest BCUT2D eigenvalue weighted by molar-refractivity contribution is 0.0949. The van der Waals surface area contributed by atoms with E-state index in [-0.39, 0.29) is 24.6 Å². The minimum absolute atomic E-state index is 0.00532. The van der Waals surface area contributed by atoms with Crippen LogP contribution in [0.3, 0.4) is 0 Å². The lowest BCUT2D eigenvalue weighted by atomic mass is 10.1. The number of carbonyl (C=O) groups excluding carboxylic acids is 1. The molecule has 2 aromatic heterocycles. The van der Waals surface area contributed by atoms with Gasteiger partial charge in [0.15, 0.2) is 0 Å². The number of carbonyl (C=O) groups is 1. The highest BCUT2D eigenvalue weighted by atomic mass is 32.2. The van der Waals surface area contributed by atoms with Gasteiger partial charge in [-0.2, -0.15) is 5.26 Å². The summed E-state index contributed by atoms with van der Waals surface area (Å²) in [4.78, 5) is 30.0. The van der Waals surface area contributed by atoms with Crippen molar-refractivity contribution in [1.82, 2.24) is 19.6 Å². The summed E-state index contributed by atoms with van der Waals surface area (Å²) < 4.78 is 21.8. The number of rotatable bonds is 8. The Kier molecular flexibility index (Phi) is 6.26. The molecule has 1 atom stereocenters. The van der Waals surface area contributed by atoms with Crippen LogP contribution in [0.1, 0.15) is 34.3 Å². The zero-order valence-electron chi connectivity index (χ0n) is 18.3. The SMILES string of the molecule is CNS(=O)C1(COc2nccc3cc(C(=O)NCc4ccc(C#N)cc4)c(=O)n(C)c23)CC1. The van der Waals surface area contributed by atoms with Gasteiger partial charge in [-0.3, -0.25) is 9.59 Å². The van der Waals surface area contributed by atoms with Crippen LogP contribution in [0.25, 0.3) is 10.9 Å². The van der Waals surface area contributed by atoms with Crippen LogP contribution in [-0.4, -0.2) is 38.1 Å². The first-order valence-corrected chi connectivity index (χ1v) is 11.5. The highest BCUT2D eigenvalue weighted by Crippen LogP contribution is 2.41. The molecular formula is C23H23N5O4S. The van der Waals surface area contributed by atoms with Crippen LogP contribution < -0.4 is 20.3 Å². The Morgan fingerprint density at radius 2 is 2.03 bits per heavy atom. The van der Waals surface area contributed by atoms with E-state index in [9.17, 15) is 13.8 Å². The van der Waals surface area contributed by atoms with Crippen LogP contribution in [0.5, 0.6) is 5.88 Å². The van der Waals surface area contributed by atoms with Crippen LogP contribution in [0.4, 0.5) is 0 Å². The fourth-order valence-corrected chi connectivity index (χ4v) is 4.66. The van der Waals surface area contributed by atoms with E-state index in [0.717, 1.165) is 18.4 Å². The fraction of sp³-hybridized carbons (Fsp3) is 0.304. The van der Waals surface area contributed by atoms with E-state index < -0.39 is 27.2 Å². The Balaban J connectivity index is 1.56. The van der Waals surface area contributed by atoms with Crippen LogP contribution >= 0.6 is 0 Å². The molecule has 9 nitrogen and oxygen atoms in total. The number of amides is 1. The smallest absolute Gasteiger partial charge is 0.263 e. The quantitative estimate of drug-likeness (QED) is 0.520. The molecule has 4 rings (SSSR count). The van der Waals surface area contributed by atoms with E-state index in [0.29, 0.717) is 16.5 Å². The zero-order chi connectivity index (χ0) is 23.6. The molecule has 2 N–H and O–H groups in total. The first kappa shape index (κ1) is 22.6. The maximum Gasteiger partial charge on any atom is 0.263 e. The van der Waals surface area contributed by atoms with E-state index in [1.807, 2.05) is 6.07 Å². The van der Waals surface area contributed by atoms with Gasteiger partial charge in [0.1, 0.15) is 28.7 Å². The number of nitrogens with one attached hydrogen (secondary N) is 2. The molecule has 1 saturated carbocycles. The molecule has 0 radical (unpaired) electrons. The molecule has 1 aliphatic carbocycles. The maximum absolute atomic E-state index is 13.0. The maximum atomic E-state index is 13.0. The van der Waals surface area contributed by atoms with Crippen molar-refractivity contribution in [2.75, 3.05) is 13.7 Å².